The Labute approximate surface area is 142 Å². The lowest BCUT2D eigenvalue weighted by molar-refractivity contribution is -0.116. The Morgan fingerprint density at radius 2 is 2.33 bits per heavy atom. The van der Waals surface area contributed by atoms with E-state index in [1.165, 1.54) is 6.42 Å². The number of likely N-dealkylation sites (tertiary alicyclic amines) is 1. The maximum atomic E-state index is 11.3. The molecule has 8 nitrogen and oxygen atoms in total. The van der Waals surface area contributed by atoms with Crippen molar-refractivity contribution in [3.63, 3.8) is 0 Å². The standard InChI is InChI=1S/C16H26N6O2/c1-21-7-3-4-11(21)10-24-16-19-13-8-18-6-5-12(13)15(20-16)22(2)9-14(17)23/h11,18H,3-10H2,1-2H3,(H2,17,23)/t11-/m0/s1. The van der Waals surface area contributed by atoms with Gasteiger partial charge in [-0.25, -0.2) is 0 Å². The Hall–Kier alpha value is -1.93. The molecular weight excluding hydrogens is 308 g/mol. The molecule has 1 saturated heterocycles. The van der Waals surface area contributed by atoms with E-state index >= 15 is 0 Å². The molecule has 3 rings (SSSR count). The summed E-state index contributed by atoms with van der Waals surface area (Å²) in [7, 11) is 3.94. The minimum absolute atomic E-state index is 0.127. The number of hydrogen-bond acceptors (Lipinski definition) is 7. The molecule has 0 bridgehead atoms. The molecule has 0 saturated carbocycles. The minimum atomic E-state index is -0.381. The second-order valence-electron chi connectivity index (χ2n) is 6.59. The molecule has 132 valence electrons. The molecule has 1 amide bonds. The molecule has 2 aliphatic heterocycles. The number of aromatic nitrogens is 2. The normalized spacial score (nSPS) is 20.7. The van der Waals surface area contributed by atoms with Gasteiger partial charge >= 0.3 is 6.01 Å². The molecule has 2 aliphatic rings. The summed E-state index contributed by atoms with van der Waals surface area (Å²) in [5, 5.41) is 3.32. The number of rotatable bonds is 6. The first kappa shape index (κ1) is 16.9. The van der Waals surface area contributed by atoms with E-state index in [1.54, 1.807) is 4.90 Å². The molecule has 1 atom stereocenters. The van der Waals surface area contributed by atoms with Gasteiger partial charge in [-0.15, -0.1) is 0 Å². The smallest absolute Gasteiger partial charge is 0.318 e. The van der Waals surface area contributed by atoms with Crippen LogP contribution in [0.5, 0.6) is 6.01 Å². The number of nitrogens with one attached hydrogen (secondary N) is 1. The predicted molar refractivity (Wildman–Crippen MR) is 91.1 cm³/mol. The molecular formula is C16H26N6O2. The van der Waals surface area contributed by atoms with E-state index < -0.39 is 0 Å². The summed E-state index contributed by atoms with van der Waals surface area (Å²) in [5.74, 6) is 0.365. The van der Waals surface area contributed by atoms with Crippen molar-refractivity contribution in [1.82, 2.24) is 20.2 Å². The van der Waals surface area contributed by atoms with Gasteiger partial charge in [0.05, 0.1) is 12.2 Å². The SMILES string of the molecule is CN(CC(N)=O)c1nc(OC[C@@H]2CCCN2C)nc2c1CCNC2. The molecule has 1 fully saturated rings. The second-order valence-corrected chi connectivity index (χ2v) is 6.59. The van der Waals surface area contributed by atoms with Crippen molar-refractivity contribution in [2.45, 2.75) is 31.8 Å². The Morgan fingerprint density at radius 1 is 1.50 bits per heavy atom. The van der Waals surface area contributed by atoms with Crippen molar-refractivity contribution in [2.75, 3.05) is 45.2 Å². The largest absolute Gasteiger partial charge is 0.462 e. The van der Waals surface area contributed by atoms with Crippen molar-refractivity contribution in [3.05, 3.63) is 11.3 Å². The van der Waals surface area contributed by atoms with Gasteiger partial charge in [0.15, 0.2) is 0 Å². The summed E-state index contributed by atoms with van der Waals surface area (Å²) >= 11 is 0. The van der Waals surface area contributed by atoms with Crippen LogP contribution in [0.4, 0.5) is 5.82 Å². The van der Waals surface area contributed by atoms with Crippen molar-refractivity contribution < 1.29 is 9.53 Å². The Morgan fingerprint density at radius 3 is 3.04 bits per heavy atom. The first-order valence-corrected chi connectivity index (χ1v) is 8.47. The Balaban J connectivity index is 1.80. The molecule has 1 aromatic heterocycles. The first-order valence-electron chi connectivity index (χ1n) is 8.47. The number of likely N-dealkylation sites (N-methyl/N-ethyl adjacent to an activating group) is 2. The highest BCUT2D eigenvalue weighted by Gasteiger charge is 2.24. The number of hydrogen-bond donors (Lipinski definition) is 2. The lowest BCUT2D eigenvalue weighted by Crippen LogP contribution is -2.35. The van der Waals surface area contributed by atoms with E-state index in [4.69, 9.17) is 10.5 Å². The summed E-state index contributed by atoms with van der Waals surface area (Å²) in [6.45, 7) is 3.38. The van der Waals surface area contributed by atoms with Crippen LogP contribution >= 0.6 is 0 Å². The summed E-state index contributed by atoms with van der Waals surface area (Å²) in [5.41, 5.74) is 7.34. The highest BCUT2D eigenvalue weighted by Crippen LogP contribution is 2.25. The fraction of sp³-hybridized carbons (Fsp3) is 0.688. The summed E-state index contributed by atoms with van der Waals surface area (Å²) < 4.78 is 5.89. The lowest BCUT2D eigenvalue weighted by atomic mass is 10.1. The van der Waals surface area contributed by atoms with Crippen molar-refractivity contribution >= 4 is 11.7 Å². The molecule has 0 unspecified atom stereocenters. The van der Waals surface area contributed by atoms with Gasteiger partial charge in [-0.2, -0.15) is 9.97 Å². The van der Waals surface area contributed by atoms with Gasteiger partial charge in [-0.3, -0.25) is 4.79 Å². The van der Waals surface area contributed by atoms with Crippen LogP contribution in [-0.4, -0.2) is 67.2 Å². The third kappa shape index (κ3) is 3.76. The zero-order valence-electron chi connectivity index (χ0n) is 14.4. The van der Waals surface area contributed by atoms with Crippen LogP contribution in [0.25, 0.3) is 0 Å². The average Bonchev–Trinajstić information content (AvgIpc) is 2.96. The van der Waals surface area contributed by atoms with E-state index in [-0.39, 0.29) is 12.5 Å². The summed E-state index contributed by atoms with van der Waals surface area (Å²) in [6, 6.07) is 0.790. The van der Waals surface area contributed by atoms with Gasteiger partial charge in [-0.05, 0) is 39.4 Å². The van der Waals surface area contributed by atoms with Crippen LogP contribution in [0.1, 0.15) is 24.1 Å². The summed E-state index contributed by atoms with van der Waals surface area (Å²) in [6.07, 6.45) is 3.17. The predicted octanol–water partition coefficient (Wildman–Crippen LogP) is -0.483. The number of carbonyl (C=O) groups is 1. The highest BCUT2D eigenvalue weighted by molar-refractivity contribution is 5.79. The van der Waals surface area contributed by atoms with Crippen molar-refractivity contribution in [1.29, 1.82) is 0 Å². The zero-order chi connectivity index (χ0) is 17.1. The number of ether oxygens (including phenoxy) is 1. The fourth-order valence-corrected chi connectivity index (χ4v) is 3.37. The van der Waals surface area contributed by atoms with Gasteiger partial charge < -0.3 is 25.6 Å². The van der Waals surface area contributed by atoms with Gasteiger partial charge in [0.2, 0.25) is 5.91 Å². The number of fused-ring (bicyclic) bond motifs is 1. The molecule has 3 N–H and O–H groups in total. The van der Waals surface area contributed by atoms with Crippen molar-refractivity contribution in [2.24, 2.45) is 5.73 Å². The number of nitrogens with two attached hydrogens (primary N) is 1. The maximum absolute atomic E-state index is 11.3. The van der Waals surface area contributed by atoms with E-state index in [2.05, 4.69) is 27.2 Å². The van der Waals surface area contributed by atoms with E-state index in [0.29, 0.717) is 25.2 Å². The molecule has 3 heterocycles. The molecule has 0 aromatic carbocycles. The number of anilines is 1. The van der Waals surface area contributed by atoms with E-state index in [1.807, 2.05) is 7.05 Å². The fourth-order valence-electron chi connectivity index (χ4n) is 3.37. The number of amides is 1. The molecule has 1 aromatic rings. The monoisotopic (exact) mass is 334 g/mol. The zero-order valence-corrected chi connectivity index (χ0v) is 14.4. The third-order valence-corrected chi connectivity index (χ3v) is 4.73. The number of primary amides is 1. The van der Waals surface area contributed by atoms with Crippen LogP contribution in [0.3, 0.4) is 0 Å². The van der Waals surface area contributed by atoms with Crippen LogP contribution in [0.15, 0.2) is 0 Å². The van der Waals surface area contributed by atoms with Gasteiger partial charge in [0.1, 0.15) is 12.4 Å². The highest BCUT2D eigenvalue weighted by atomic mass is 16.5. The molecule has 0 spiro atoms. The quantitative estimate of drug-likeness (QED) is 0.725. The van der Waals surface area contributed by atoms with Gasteiger partial charge in [0, 0.05) is 25.2 Å². The number of carbonyl (C=O) groups excluding carboxylic acids is 1. The van der Waals surface area contributed by atoms with E-state index in [0.717, 1.165) is 43.0 Å². The van der Waals surface area contributed by atoms with Gasteiger partial charge in [-0.1, -0.05) is 0 Å². The van der Waals surface area contributed by atoms with Crippen LogP contribution in [0.2, 0.25) is 0 Å². The lowest BCUT2D eigenvalue weighted by Gasteiger charge is -2.25. The first-order chi connectivity index (χ1) is 11.5. The Bertz CT molecular complexity index is 608. The minimum Gasteiger partial charge on any atom is -0.462 e. The Kier molecular flexibility index (Phi) is 5.15. The summed E-state index contributed by atoms with van der Waals surface area (Å²) in [4.78, 5) is 24.5. The molecule has 24 heavy (non-hydrogen) atoms. The maximum Gasteiger partial charge on any atom is 0.318 e. The molecule has 0 aliphatic carbocycles. The van der Waals surface area contributed by atoms with E-state index in [9.17, 15) is 4.79 Å². The third-order valence-electron chi connectivity index (χ3n) is 4.73. The molecule has 0 radical (unpaired) electrons. The topological polar surface area (TPSA) is 96.6 Å². The number of nitrogens with zero attached hydrogens (tertiary/aromatic N) is 4. The average molecular weight is 334 g/mol. The van der Waals surface area contributed by atoms with Crippen LogP contribution in [0, 0.1) is 0 Å². The molecule has 8 heteroatoms. The van der Waals surface area contributed by atoms with Crippen LogP contribution in [-0.2, 0) is 17.8 Å². The van der Waals surface area contributed by atoms with Gasteiger partial charge in [0.25, 0.3) is 0 Å². The van der Waals surface area contributed by atoms with Crippen molar-refractivity contribution in [3.8, 4) is 6.01 Å². The second kappa shape index (κ2) is 7.31. The van der Waals surface area contributed by atoms with Crippen LogP contribution < -0.4 is 20.7 Å².